The zero-order valence-electron chi connectivity index (χ0n) is 15.4. The van der Waals surface area contributed by atoms with E-state index in [1.165, 1.54) is 4.90 Å². The molecule has 28 heavy (non-hydrogen) atoms. The highest BCUT2D eigenvalue weighted by Crippen LogP contribution is 2.71. The molecule has 0 saturated carbocycles. The molecule has 0 N–H and O–H groups in total. The van der Waals surface area contributed by atoms with Crippen LogP contribution in [0.25, 0.3) is 0 Å². The van der Waals surface area contributed by atoms with Crippen molar-refractivity contribution in [2.45, 2.75) is 42.5 Å². The second-order valence-corrected chi connectivity index (χ2v) is 12.5. The predicted molar refractivity (Wildman–Crippen MR) is 112 cm³/mol. The van der Waals surface area contributed by atoms with Crippen molar-refractivity contribution >= 4 is 58.5 Å². The fraction of sp³-hybridized carbons (Fsp3) is 0.500. The molecule has 6 atom stereocenters. The van der Waals surface area contributed by atoms with Crippen LogP contribution in [-0.2, 0) is 14.3 Å². The van der Waals surface area contributed by atoms with Crippen molar-refractivity contribution < 1.29 is 14.3 Å². The topological polar surface area (TPSA) is 46.6 Å². The first kappa shape index (κ1) is 18.1. The van der Waals surface area contributed by atoms with Crippen molar-refractivity contribution in [3.05, 3.63) is 43.2 Å². The monoisotopic (exact) mass is 453 g/mol. The first-order valence-corrected chi connectivity index (χ1v) is 11.7. The van der Waals surface area contributed by atoms with Crippen LogP contribution in [0.4, 0.5) is 0 Å². The Morgan fingerprint density at radius 3 is 1.79 bits per heavy atom. The third-order valence-corrected chi connectivity index (χ3v) is 10.8. The second-order valence-electron chi connectivity index (χ2n) is 8.27. The van der Waals surface area contributed by atoms with E-state index in [9.17, 15) is 9.59 Å². The molecule has 3 fully saturated rings. The molecular formula is C20H17Cl2NO3S2. The van der Waals surface area contributed by atoms with Crippen molar-refractivity contribution in [2.75, 3.05) is 6.54 Å². The molecule has 0 aromatic rings. The van der Waals surface area contributed by atoms with Gasteiger partial charge in [0, 0.05) is 6.54 Å². The Morgan fingerprint density at radius 1 is 0.964 bits per heavy atom. The highest BCUT2D eigenvalue weighted by Gasteiger charge is 2.70. The van der Waals surface area contributed by atoms with Crippen LogP contribution in [-0.4, -0.2) is 45.0 Å². The van der Waals surface area contributed by atoms with E-state index in [1.54, 1.807) is 23.5 Å². The molecule has 5 heterocycles. The molecule has 5 aliphatic heterocycles. The summed E-state index contributed by atoms with van der Waals surface area (Å²) in [5.74, 6) is -1.06. The first-order chi connectivity index (χ1) is 13.2. The van der Waals surface area contributed by atoms with Gasteiger partial charge in [0.15, 0.2) is 0 Å². The van der Waals surface area contributed by atoms with Gasteiger partial charge in [-0.05, 0) is 55.2 Å². The molecule has 0 aromatic heterocycles. The summed E-state index contributed by atoms with van der Waals surface area (Å²) in [4.78, 5) is 27.3. The Morgan fingerprint density at radius 2 is 1.39 bits per heavy atom. The number of carbonyl (C=O) groups is 2. The van der Waals surface area contributed by atoms with Crippen molar-refractivity contribution in [3.8, 4) is 0 Å². The maximum absolute atomic E-state index is 13.0. The van der Waals surface area contributed by atoms with Gasteiger partial charge in [0.25, 0.3) is 0 Å². The van der Waals surface area contributed by atoms with Gasteiger partial charge in [-0.3, -0.25) is 14.5 Å². The summed E-state index contributed by atoms with van der Waals surface area (Å²) in [7, 11) is 0. The Bertz CT molecular complexity index is 952. The number of imide groups is 1. The number of allylic oxidation sites excluding steroid dienone is 2. The van der Waals surface area contributed by atoms with Gasteiger partial charge >= 0.3 is 0 Å². The number of hydrogen-bond donors (Lipinski definition) is 0. The third-order valence-electron chi connectivity index (χ3n) is 7.25. The van der Waals surface area contributed by atoms with Crippen LogP contribution in [0.5, 0.6) is 0 Å². The van der Waals surface area contributed by atoms with Crippen molar-refractivity contribution in [1.29, 1.82) is 0 Å². The number of fused-ring (bicyclic) bond motifs is 11. The molecule has 2 bridgehead atoms. The fourth-order valence-corrected chi connectivity index (χ4v) is 9.58. The summed E-state index contributed by atoms with van der Waals surface area (Å²) < 4.78 is 7.20. The van der Waals surface area contributed by atoms with E-state index >= 15 is 0 Å². The van der Waals surface area contributed by atoms with Gasteiger partial charge in [0.1, 0.15) is 0 Å². The molecule has 146 valence electrons. The predicted octanol–water partition coefficient (Wildman–Crippen LogP) is 4.17. The molecule has 8 heteroatoms. The number of rotatable bonds is 1. The Hall–Kier alpha value is -0.660. The average Bonchev–Trinajstić information content (AvgIpc) is 3.37. The number of amides is 2. The van der Waals surface area contributed by atoms with Gasteiger partial charge in [-0.1, -0.05) is 23.2 Å². The molecule has 3 saturated heterocycles. The Labute approximate surface area is 181 Å². The first-order valence-electron chi connectivity index (χ1n) is 9.35. The molecule has 0 radical (unpaired) electrons. The number of nitrogens with zero attached hydrogens (tertiary/aromatic N) is 1. The highest BCUT2D eigenvalue weighted by molar-refractivity contribution is 8.10. The minimum Gasteiger partial charge on any atom is -0.364 e. The molecule has 0 aromatic carbocycles. The van der Waals surface area contributed by atoms with E-state index in [1.807, 2.05) is 19.1 Å². The Balaban J connectivity index is 1.64. The van der Waals surface area contributed by atoms with E-state index in [2.05, 4.69) is 13.8 Å². The van der Waals surface area contributed by atoms with Crippen LogP contribution < -0.4 is 0 Å². The normalized spacial score (nSPS) is 45.5. The molecule has 4 nitrogen and oxygen atoms in total. The summed E-state index contributed by atoms with van der Waals surface area (Å²) in [6.45, 7) is 6.64. The van der Waals surface area contributed by atoms with Gasteiger partial charge in [-0.2, -0.15) is 0 Å². The highest BCUT2D eigenvalue weighted by atomic mass is 35.5. The van der Waals surface area contributed by atoms with Gasteiger partial charge in [0.05, 0.1) is 42.3 Å². The summed E-state index contributed by atoms with van der Waals surface area (Å²) in [5.41, 5.74) is 4.37. The second kappa shape index (κ2) is 5.33. The summed E-state index contributed by atoms with van der Waals surface area (Å²) >= 11 is 16.3. The van der Waals surface area contributed by atoms with E-state index in [0.29, 0.717) is 6.54 Å². The molecular weight excluding hydrogens is 437 g/mol. The average molecular weight is 454 g/mol. The molecule has 6 rings (SSSR count). The summed E-state index contributed by atoms with van der Waals surface area (Å²) in [6.07, 6.45) is 3.27. The summed E-state index contributed by atoms with van der Waals surface area (Å²) in [6, 6.07) is 0. The third kappa shape index (κ3) is 1.76. The lowest BCUT2D eigenvalue weighted by atomic mass is 9.64. The molecule has 0 spiro atoms. The molecule has 6 aliphatic rings. The van der Waals surface area contributed by atoms with Gasteiger partial charge in [-0.25, -0.2) is 0 Å². The van der Waals surface area contributed by atoms with E-state index < -0.39 is 11.8 Å². The SMILES string of the molecule is CCN1C(=O)[C@@H]2[C@H](C1=O)[C@@H]1O[C@H]2C2=C3C=C(Cl)SC3(C)C3(C)SC(Cl)=CC3=C21. The lowest BCUT2D eigenvalue weighted by molar-refractivity contribution is -0.141. The lowest BCUT2D eigenvalue weighted by Gasteiger charge is -2.48. The van der Waals surface area contributed by atoms with Gasteiger partial charge in [-0.15, -0.1) is 23.5 Å². The number of thioether (sulfide) groups is 2. The quantitative estimate of drug-likeness (QED) is 0.557. The van der Waals surface area contributed by atoms with Crippen LogP contribution in [0.3, 0.4) is 0 Å². The molecule has 2 amide bonds. The Kier molecular flexibility index (Phi) is 3.45. The van der Waals surface area contributed by atoms with Crippen molar-refractivity contribution in [1.82, 2.24) is 4.90 Å². The molecule has 2 unspecified atom stereocenters. The van der Waals surface area contributed by atoms with Crippen LogP contribution in [0.15, 0.2) is 43.2 Å². The smallest absolute Gasteiger partial charge is 0.236 e. The van der Waals surface area contributed by atoms with E-state index in [4.69, 9.17) is 27.9 Å². The number of hydrogen-bond acceptors (Lipinski definition) is 5. The van der Waals surface area contributed by atoms with Gasteiger partial charge in [0.2, 0.25) is 11.8 Å². The number of ether oxygens (including phenoxy) is 1. The number of carbonyl (C=O) groups excluding carboxylic acids is 2. The fourth-order valence-electron chi connectivity index (χ4n) is 5.89. The van der Waals surface area contributed by atoms with Crippen molar-refractivity contribution in [3.63, 3.8) is 0 Å². The minimum absolute atomic E-state index is 0.104. The van der Waals surface area contributed by atoms with E-state index in [0.717, 1.165) is 31.0 Å². The maximum atomic E-state index is 13.0. The van der Waals surface area contributed by atoms with E-state index in [-0.39, 0.29) is 33.5 Å². The zero-order valence-corrected chi connectivity index (χ0v) is 18.6. The van der Waals surface area contributed by atoms with Gasteiger partial charge < -0.3 is 4.74 Å². The maximum Gasteiger partial charge on any atom is 0.236 e. The van der Waals surface area contributed by atoms with Crippen LogP contribution in [0.2, 0.25) is 0 Å². The van der Waals surface area contributed by atoms with Crippen LogP contribution in [0, 0.1) is 11.8 Å². The molecule has 1 aliphatic carbocycles. The zero-order chi connectivity index (χ0) is 19.7. The van der Waals surface area contributed by atoms with Crippen LogP contribution >= 0.6 is 46.7 Å². The van der Waals surface area contributed by atoms with Crippen LogP contribution in [0.1, 0.15) is 20.8 Å². The van der Waals surface area contributed by atoms with Crippen molar-refractivity contribution in [2.24, 2.45) is 11.8 Å². The summed E-state index contributed by atoms with van der Waals surface area (Å²) in [5, 5.41) is 0. The minimum atomic E-state index is -0.427. The largest absolute Gasteiger partial charge is 0.364 e. The number of likely N-dealkylation sites (tertiary alicyclic amines) is 1. The standard InChI is InChI=1S/C20H17Cl2NO3S2/c1-4-23-17(24)13-14(18(23)25)16-12-8-6-10(22)28-20(8,3)19(2)7(5-9(21)27-19)11(12)15(13)26-16/h5-6,13-16H,4H2,1-3H3/t13-,14+,15+,16-,19?,20?. The lowest BCUT2D eigenvalue weighted by Crippen LogP contribution is -2.50. The number of halogens is 2.